The molecule has 2 saturated heterocycles. The molecule has 1 N–H and O–H groups in total. The van der Waals surface area contributed by atoms with Crippen LogP contribution in [0.3, 0.4) is 0 Å². The van der Waals surface area contributed by atoms with E-state index in [4.69, 9.17) is 9.15 Å². The molecule has 8 nitrogen and oxygen atoms in total. The van der Waals surface area contributed by atoms with E-state index in [2.05, 4.69) is 5.32 Å². The number of nitrogens with one attached hydrogen (secondary N) is 1. The Hall–Kier alpha value is -3.33. The molecule has 0 bridgehead atoms. The normalized spacial score (nSPS) is 20.5. The van der Waals surface area contributed by atoms with Gasteiger partial charge in [0.15, 0.2) is 0 Å². The molecule has 30 heavy (non-hydrogen) atoms. The summed E-state index contributed by atoms with van der Waals surface area (Å²) in [6, 6.07) is 4.80. The lowest BCUT2D eigenvalue weighted by molar-refractivity contribution is -0.149. The second-order valence-corrected chi connectivity index (χ2v) is 7.86. The molecular formula is C21H18N2O6S. The van der Waals surface area contributed by atoms with Gasteiger partial charge in [0.25, 0.3) is 11.1 Å². The second kappa shape index (κ2) is 8.19. The Labute approximate surface area is 175 Å². The summed E-state index contributed by atoms with van der Waals surface area (Å²) in [6.07, 6.45) is 7.55. The number of hydrogen-bond acceptors (Lipinski definition) is 7. The molecule has 2 fully saturated rings. The number of imide groups is 1. The summed E-state index contributed by atoms with van der Waals surface area (Å²) in [4.78, 5) is 49.3. The summed E-state index contributed by atoms with van der Waals surface area (Å²) < 4.78 is 10.3. The summed E-state index contributed by atoms with van der Waals surface area (Å²) in [7, 11) is 1.31. The number of carbonyl (C=O) groups is 4. The maximum absolute atomic E-state index is 12.6. The van der Waals surface area contributed by atoms with Crippen LogP contribution >= 0.6 is 11.8 Å². The van der Waals surface area contributed by atoms with Crippen molar-refractivity contribution in [3.8, 4) is 0 Å². The first kappa shape index (κ1) is 20.0. The smallest absolute Gasteiger partial charge is 0.328 e. The van der Waals surface area contributed by atoms with Crippen molar-refractivity contribution in [1.82, 2.24) is 10.2 Å². The Morgan fingerprint density at radius 2 is 2.17 bits per heavy atom. The number of benzene rings is 1. The molecule has 9 heteroatoms. The van der Waals surface area contributed by atoms with Gasteiger partial charge in [0, 0.05) is 23.6 Å². The van der Waals surface area contributed by atoms with Crippen LogP contribution < -0.4 is 5.32 Å². The number of nitrogens with zero attached hydrogens (tertiary/aromatic N) is 1. The van der Waals surface area contributed by atoms with Gasteiger partial charge in [-0.3, -0.25) is 19.7 Å². The number of amides is 3. The lowest BCUT2D eigenvalue weighted by Crippen LogP contribution is -2.40. The van der Waals surface area contributed by atoms with E-state index in [0.29, 0.717) is 29.0 Å². The topological polar surface area (TPSA) is 106 Å². The molecule has 1 atom stereocenters. The molecule has 0 spiro atoms. The van der Waals surface area contributed by atoms with Gasteiger partial charge in [0.1, 0.15) is 11.6 Å². The SMILES string of the molecule is COC(=O)[C@H]1CCCN1C(=O)/C=C/c1coc2ccc(/C=C3\SC(=O)NC3=O)cc12. The highest BCUT2D eigenvalue weighted by Gasteiger charge is 2.33. The van der Waals surface area contributed by atoms with E-state index in [1.807, 2.05) is 6.07 Å². The first-order chi connectivity index (χ1) is 14.5. The first-order valence-corrected chi connectivity index (χ1v) is 10.1. The summed E-state index contributed by atoms with van der Waals surface area (Å²) in [6.45, 7) is 0.505. The zero-order valence-corrected chi connectivity index (χ0v) is 16.9. The van der Waals surface area contributed by atoms with Crippen molar-refractivity contribution in [1.29, 1.82) is 0 Å². The van der Waals surface area contributed by atoms with Crippen molar-refractivity contribution >= 4 is 57.9 Å². The van der Waals surface area contributed by atoms with Crippen LogP contribution in [-0.4, -0.2) is 47.6 Å². The van der Waals surface area contributed by atoms with Crippen molar-refractivity contribution in [2.24, 2.45) is 0 Å². The van der Waals surface area contributed by atoms with E-state index in [0.717, 1.165) is 29.1 Å². The van der Waals surface area contributed by atoms with E-state index < -0.39 is 23.2 Å². The Morgan fingerprint density at radius 1 is 1.33 bits per heavy atom. The summed E-state index contributed by atoms with van der Waals surface area (Å²) >= 11 is 0.849. The minimum Gasteiger partial charge on any atom is -0.467 e. The van der Waals surface area contributed by atoms with Gasteiger partial charge in [-0.05, 0) is 54.5 Å². The van der Waals surface area contributed by atoms with Crippen LogP contribution in [0.25, 0.3) is 23.1 Å². The van der Waals surface area contributed by atoms with Crippen LogP contribution in [0.15, 0.2) is 39.9 Å². The number of carbonyl (C=O) groups excluding carboxylic acids is 4. The Balaban J connectivity index is 1.57. The van der Waals surface area contributed by atoms with Crippen molar-refractivity contribution in [2.45, 2.75) is 18.9 Å². The van der Waals surface area contributed by atoms with E-state index in [1.165, 1.54) is 24.3 Å². The van der Waals surface area contributed by atoms with Gasteiger partial charge >= 0.3 is 5.97 Å². The van der Waals surface area contributed by atoms with Crippen molar-refractivity contribution in [3.05, 3.63) is 46.6 Å². The monoisotopic (exact) mass is 426 g/mol. The number of thioether (sulfide) groups is 1. The van der Waals surface area contributed by atoms with Crippen LogP contribution in [0.5, 0.6) is 0 Å². The number of fused-ring (bicyclic) bond motifs is 1. The number of likely N-dealkylation sites (tertiary alicyclic amines) is 1. The molecule has 0 aliphatic carbocycles. The maximum atomic E-state index is 12.6. The van der Waals surface area contributed by atoms with E-state index in [9.17, 15) is 19.2 Å². The average molecular weight is 426 g/mol. The minimum atomic E-state index is -0.552. The van der Waals surface area contributed by atoms with Crippen LogP contribution in [-0.2, 0) is 19.1 Å². The fourth-order valence-electron chi connectivity index (χ4n) is 3.53. The van der Waals surface area contributed by atoms with E-state index in [-0.39, 0.29) is 5.91 Å². The molecule has 0 radical (unpaired) electrons. The highest BCUT2D eigenvalue weighted by molar-refractivity contribution is 8.18. The molecule has 0 saturated carbocycles. The molecule has 1 aromatic heterocycles. The van der Waals surface area contributed by atoms with Gasteiger partial charge in [-0.1, -0.05) is 6.07 Å². The number of rotatable bonds is 4. The minimum absolute atomic E-state index is 0.270. The van der Waals surface area contributed by atoms with Gasteiger partial charge in [0.05, 0.1) is 18.3 Å². The van der Waals surface area contributed by atoms with Crippen LogP contribution in [0.4, 0.5) is 4.79 Å². The molecule has 0 unspecified atom stereocenters. The van der Waals surface area contributed by atoms with Gasteiger partial charge in [-0.2, -0.15) is 0 Å². The predicted molar refractivity (Wildman–Crippen MR) is 111 cm³/mol. The molecular weight excluding hydrogens is 408 g/mol. The molecule has 154 valence electrons. The van der Waals surface area contributed by atoms with E-state index in [1.54, 1.807) is 24.3 Å². The largest absolute Gasteiger partial charge is 0.467 e. The molecule has 4 rings (SSSR count). The van der Waals surface area contributed by atoms with Gasteiger partial charge in [-0.25, -0.2) is 4.79 Å². The van der Waals surface area contributed by atoms with Crippen molar-refractivity contribution < 1.29 is 28.3 Å². The summed E-state index contributed by atoms with van der Waals surface area (Å²) in [5, 5.41) is 2.58. The van der Waals surface area contributed by atoms with Crippen LogP contribution in [0, 0.1) is 0 Å². The van der Waals surface area contributed by atoms with E-state index >= 15 is 0 Å². The third-order valence-electron chi connectivity index (χ3n) is 4.98. The first-order valence-electron chi connectivity index (χ1n) is 9.29. The third kappa shape index (κ3) is 3.88. The van der Waals surface area contributed by atoms with Crippen molar-refractivity contribution in [3.63, 3.8) is 0 Å². The quantitative estimate of drug-likeness (QED) is 0.592. The Kier molecular flexibility index (Phi) is 5.45. The fraction of sp³-hybridized carbons (Fsp3) is 0.238. The number of hydrogen-bond donors (Lipinski definition) is 1. The second-order valence-electron chi connectivity index (χ2n) is 6.85. The predicted octanol–water partition coefficient (Wildman–Crippen LogP) is 2.93. The van der Waals surface area contributed by atoms with Gasteiger partial charge in [0.2, 0.25) is 5.91 Å². The lowest BCUT2D eigenvalue weighted by Gasteiger charge is -2.20. The third-order valence-corrected chi connectivity index (χ3v) is 5.79. The molecule has 2 aromatic rings. The zero-order valence-electron chi connectivity index (χ0n) is 16.0. The fourth-order valence-corrected chi connectivity index (χ4v) is 4.21. The van der Waals surface area contributed by atoms with Gasteiger partial charge in [-0.15, -0.1) is 0 Å². The molecule has 2 aliphatic rings. The lowest BCUT2D eigenvalue weighted by atomic mass is 10.1. The number of methoxy groups -OCH3 is 1. The summed E-state index contributed by atoms with van der Waals surface area (Å²) in [5.74, 6) is -1.10. The average Bonchev–Trinajstić information content (AvgIpc) is 3.44. The molecule has 3 heterocycles. The van der Waals surface area contributed by atoms with Crippen LogP contribution in [0.2, 0.25) is 0 Å². The number of ether oxygens (including phenoxy) is 1. The standard InChI is InChI=1S/C21H18N2O6S/c1-28-20(26)15-3-2-8-23(15)18(24)7-5-13-11-29-16-6-4-12(9-14(13)16)10-17-19(25)22-21(27)30-17/h4-7,9-11,15H,2-3,8H2,1H3,(H,22,25,27)/b7-5+,17-10-/t15-/m1/s1. The molecule has 2 aliphatic heterocycles. The number of esters is 1. The highest BCUT2D eigenvalue weighted by atomic mass is 32.2. The highest BCUT2D eigenvalue weighted by Crippen LogP contribution is 2.29. The summed E-state index contributed by atoms with van der Waals surface area (Å²) in [5.41, 5.74) is 2.03. The zero-order chi connectivity index (χ0) is 21.3. The maximum Gasteiger partial charge on any atom is 0.328 e. The number of furan rings is 1. The Bertz CT molecular complexity index is 1120. The molecule has 1 aromatic carbocycles. The Morgan fingerprint density at radius 3 is 2.90 bits per heavy atom. The van der Waals surface area contributed by atoms with Crippen molar-refractivity contribution in [2.75, 3.05) is 13.7 Å². The van der Waals surface area contributed by atoms with Gasteiger partial charge < -0.3 is 14.1 Å². The van der Waals surface area contributed by atoms with Crippen LogP contribution in [0.1, 0.15) is 24.0 Å². The molecule has 3 amide bonds.